The molecule has 198 valence electrons. The minimum atomic E-state index is -0.836. The van der Waals surface area contributed by atoms with Crippen LogP contribution in [-0.4, -0.2) is 74.1 Å². The lowest BCUT2D eigenvalue weighted by atomic mass is 9.55. The molecule has 4 amide bonds. The van der Waals surface area contributed by atoms with Crippen LogP contribution in [0.5, 0.6) is 11.5 Å². The number of amides is 4. The summed E-state index contributed by atoms with van der Waals surface area (Å²) in [6.45, 7) is 3.88. The Balaban J connectivity index is 1.74. The normalized spacial score (nSPS) is 28.5. The third kappa shape index (κ3) is 2.67. The van der Waals surface area contributed by atoms with Gasteiger partial charge in [-0.15, -0.1) is 0 Å². The van der Waals surface area contributed by atoms with Gasteiger partial charge >= 0.3 is 0 Å². The van der Waals surface area contributed by atoms with Crippen molar-refractivity contribution in [2.45, 2.75) is 49.9 Å². The SMILES string of the molecule is COc1ccc2c(c1)C1(C34CCN(C(C)=O)C3N(C=O)c3ccc(OC)cc34)CCN(C(C)=O)C1N2C=O. The predicted octanol–water partition coefficient (Wildman–Crippen LogP) is 1.99. The van der Waals surface area contributed by atoms with E-state index < -0.39 is 23.2 Å². The molecular formula is C28H30N4O6. The van der Waals surface area contributed by atoms with Crippen LogP contribution in [0.3, 0.4) is 0 Å². The van der Waals surface area contributed by atoms with Gasteiger partial charge in [0.25, 0.3) is 0 Å². The van der Waals surface area contributed by atoms with Crippen molar-refractivity contribution in [3.8, 4) is 11.5 Å². The van der Waals surface area contributed by atoms with Crippen LogP contribution in [0.1, 0.15) is 37.8 Å². The fourth-order valence-corrected chi connectivity index (χ4v) is 7.94. The molecule has 4 aliphatic heterocycles. The van der Waals surface area contributed by atoms with Gasteiger partial charge in [-0.25, -0.2) is 0 Å². The van der Waals surface area contributed by atoms with Crippen molar-refractivity contribution in [2.75, 3.05) is 37.1 Å². The van der Waals surface area contributed by atoms with Gasteiger partial charge in [0.05, 0.1) is 25.0 Å². The monoisotopic (exact) mass is 518 g/mol. The maximum Gasteiger partial charge on any atom is 0.221 e. The molecule has 2 saturated heterocycles. The average Bonchev–Trinajstić information content (AvgIpc) is 3.63. The van der Waals surface area contributed by atoms with Gasteiger partial charge in [0.15, 0.2) is 0 Å². The van der Waals surface area contributed by atoms with Gasteiger partial charge in [-0.2, -0.15) is 0 Å². The van der Waals surface area contributed by atoms with E-state index in [-0.39, 0.29) is 11.8 Å². The van der Waals surface area contributed by atoms with Crippen LogP contribution in [0.4, 0.5) is 11.4 Å². The van der Waals surface area contributed by atoms with E-state index in [1.165, 1.54) is 13.8 Å². The van der Waals surface area contributed by atoms with Gasteiger partial charge in [-0.05, 0) is 60.4 Å². The van der Waals surface area contributed by atoms with Gasteiger partial charge in [0, 0.05) is 38.3 Å². The molecule has 4 atom stereocenters. The highest BCUT2D eigenvalue weighted by molar-refractivity contribution is 5.92. The highest BCUT2D eigenvalue weighted by Gasteiger charge is 2.75. The second-order valence-corrected chi connectivity index (χ2v) is 10.4. The molecule has 0 saturated carbocycles. The Morgan fingerprint density at radius 3 is 1.47 bits per heavy atom. The molecule has 2 fully saturated rings. The topological polar surface area (TPSA) is 99.7 Å². The zero-order valence-electron chi connectivity index (χ0n) is 21.8. The first kappa shape index (κ1) is 24.3. The molecular weight excluding hydrogens is 488 g/mol. The first-order chi connectivity index (χ1) is 18.3. The molecule has 6 rings (SSSR count). The number of nitrogens with zero attached hydrogens (tertiary/aromatic N) is 4. The van der Waals surface area contributed by atoms with Crippen molar-refractivity contribution >= 4 is 36.0 Å². The molecule has 0 aliphatic carbocycles. The zero-order valence-corrected chi connectivity index (χ0v) is 21.8. The predicted molar refractivity (Wildman–Crippen MR) is 138 cm³/mol. The second-order valence-electron chi connectivity index (χ2n) is 10.4. The zero-order chi connectivity index (χ0) is 27.0. The maximum absolute atomic E-state index is 13.0. The van der Waals surface area contributed by atoms with Gasteiger partial charge in [0.1, 0.15) is 23.8 Å². The van der Waals surface area contributed by atoms with E-state index in [4.69, 9.17) is 9.47 Å². The van der Waals surface area contributed by atoms with E-state index in [2.05, 4.69) is 0 Å². The first-order valence-electron chi connectivity index (χ1n) is 12.7. The standard InChI is InChI=1S/C28H30N4O6/c1-17(35)29-11-9-27(21-13-19(37-3)5-7-23(21)31(15-33)25(27)29)28-10-12-30(18(2)36)26(28)32(16-34)24-8-6-20(38-4)14-22(24)28/h5-8,13-16,25-26H,9-12H2,1-4H3. The van der Waals surface area contributed by atoms with E-state index in [0.717, 1.165) is 23.9 Å². The Morgan fingerprint density at radius 2 is 1.16 bits per heavy atom. The lowest BCUT2D eigenvalue weighted by Gasteiger charge is -2.49. The van der Waals surface area contributed by atoms with E-state index in [0.29, 0.717) is 48.8 Å². The minimum absolute atomic E-state index is 0.144. The lowest BCUT2D eigenvalue weighted by Crippen LogP contribution is -2.64. The molecule has 0 spiro atoms. The van der Waals surface area contributed by atoms with Gasteiger partial charge < -0.3 is 19.3 Å². The number of ether oxygens (including phenoxy) is 2. The first-order valence-corrected chi connectivity index (χ1v) is 12.7. The van der Waals surface area contributed by atoms with Crippen molar-refractivity contribution in [1.82, 2.24) is 9.80 Å². The Morgan fingerprint density at radius 1 is 0.763 bits per heavy atom. The largest absolute Gasteiger partial charge is 0.497 e. The highest BCUT2D eigenvalue weighted by atomic mass is 16.5. The third-order valence-electron chi connectivity index (χ3n) is 9.25. The molecule has 4 aliphatic rings. The van der Waals surface area contributed by atoms with Crippen molar-refractivity contribution in [3.05, 3.63) is 47.5 Å². The molecule has 0 N–H and O–H groups in total. The van der Waals surface area contributed by atoms with Crippen LogP contribution >= 0.6 is 0 Å². The number of hydrogen-bond acceptors (Lipinski definition) is 6. The Labute approximate surface area is 220 Å². The number of hydrogen-bond donors (Lipinski definition) is 0. The lowest BCUT2D eigenvalue weighted by molar-refractivity contribution is -0.133. The number of fused-ring (bicyclic) bond motifs is 7. The van der Waals surface area contributed by atoms with E-state index in [9.17, 15) is 19.2 Å². The van der Waals surface area contributed by atoms with Crippen LogP contribution in [0.15, 0.2) is 36.4 Å². The fraction of sp³-hybridized carbons (Fsp3) is 0.429. The number of rotatable bonds is 5. The molecule has 38 heavy (non-hydrogen) atoms. The number of carbonyl (C=O) groups is 4. The van der Waals surface area contributed by atoms with Crippen LogP contribution in [0.2, 0.25) is 0 Å². The quantitative estimate of drug-likeness (QED) is 0.562. The Kier molecular flexibility index (Phi) is 5.24. The van der Waals surface area contributed by atoms with Gasteiger partial charge in [-0.3, -0.25) is 29.0 Å². The number of benzene rings is 2. The smallest absolute Gasteiger partial charge is 0.221 e. The van der Waals surface area contributed by atoms with Crippen LogP contribution in [-0.2, 0) is 30.0 Å². The van der Waals surface area contributed by atoms with Crippen molar-refractivity contribution < 1.29 is 28.7 Å². The minimum Gasteiger partial charge on any atom is -0.497 e. The molecule has 10 nitrogen and oxygen atoms in total. The average molecular weight is 519 g/mol. The Hall–Kier alpha value is -4.08. The summed E-state index contributed by atoms with van der Waals surface area (Å²) < 4.78 is 11.2. The molecule has 0 aromatic heterocycles. The van der Waals surface area contributed by atoms with Crippen LogP contribution < -0.4 is 19.3 Å². The second kappa shape index (κ2) is 8.21. The van der Waals surface area contributed by atoms with E-state index in [1.807, 2.05) is 24.3 Å². The number of likely N-dealkylation sites (tertiary alicyclic amines) is 2. The number of anilines is 2. The summed E-state index contributed by atoms with van der Waals surface area (Å²) in [4.78, 5) is 58.2. The molecule has 4 heterocycles. The molecule has 0 radical (unpaired) electrons. The summed E-state index contributed by atoms with van der Waals surface area (Å²) in [5.41, 5.74) is 1.46. The molecule has 10 heteroatoms. The summed E-state index contributed by atoms with van der Waals surface area (Å²) in [5.74, 6) is 0.964. The van der Waals surface area contributed by atoms with Crippen molar-refractivity contribution in [2.24, 2.45) is 0 Å². The maximum atomic E-state index is 13.0. The summed E-state index contributed by atoms with van der Waals surface area (Å²) in [6, 6.07) is 11.2. The summed E-state index contributed by atoms with van der Waals surface area (Å²) in [6.07, 6.45) is 1.35. The van der Waals surface area contributed by atoms with E-state index >= 15 is 0 Å². The van der Waals surface area contributed by atoms with Crippen molar-refractivity contribution in [3.63, 3.8) is 0 Å². The van der Waals surface area contributed by atoms with E-state index in [1.54, 1.807) is 46.0 Å². The Bertz CT molecular complexity index is 1280. The third-order valence-corrected chi connectivity index (χ3v) is 9.25. The summed E-state index contributed by atoms with van der Waals surface area (Å²) >= 11 is 0. The van der Waals surface area contributed by atoms with Gasteiger partial charge in [0.2, 0.25) is 24.6 Å². The van der Waals surface area contributed by atoms with Crippen LogP contribution in [0.25, 0.3) is 0 Å². The summed E-state index contributed by atoms with van der Waals surface area (Å²) in [7, 11) is 3.18. The number of carbonyl (C=O) groups excluding carboxylic acids is 4. The molecule has 2 aromatic carbocycles. The molecule has 2 aromatic rings. The molecule has 0 bridgehead atoms. The summed E-state index contributed by atoms with van der Waals surface area (Å²) in [5, 5.41) is 0. The number of methoxy groups -OCH3 is 2. The van der Waals surface area contributed by atoms with Crippen molar-refractivity contribution in [1.29, 1.82) is 0 Å². The fourth-order valence-electron chi connectivity index (χ4n) is 7.94. The van der Waals surface area contributed by atoms with Gasteiger partial charge in [-0.1, -0.05) is 0 Å². The van der Waals surface area contributed by atoms with Crippen LogP contribution in [0, 0.1) is 0 Å². The highest BCUT2D eigenvalue weighted by Crippen LogP contribution is 2.69. The molecule has 4 unspecified atom stereocenters.